The molecular weight excluding hydrogens is 1020 g/mol. The van der Waals surface area contributed by atoms with Gasteiger partial charge in [0.15, 0.2) is 0 Å². The lowest BCUT2D eigenvalue weighted by Crippen LogP contribution is -2.28. The van der Waals surface area contributed by atoms with Crippen LogP contribution in [0.25, 0.3) is 21.8 Å². The lowest BCUT2D eigenvalue weighted by atomic mass is 10.00. The number of nitrogens with zero attached hydrogens (tertiary/aromatic N) is 6. The third-order valence-corrected chi connectivity index (χ3v) is 16.1. The normalized spacial score (nSPS) is 19.8. The maximum absolute atomic E-state index is 12.6. The molecule has 21 nitrogen and oxygen atoms in total. The number of hydrogen-bond donors (Lipinski definition) is 4. The number of cyclic esters (lactones) is 2. The second-order valence-corrected chi connectivity index (χ2v) is 20.8. The van der Waals surface area contributed by atoms with Gasteiger partial charge < -0.3 is 49.3 Å². The first kappa shape index (κ1) is 50.3. The van der Waals surface area contributed by atoms with Gasteiger partial charge in [-0.1, -0.05) is 12.1 Å². The molecule has 0 radical (unpaired) electrons. The van der Waals surface area contributed by atoms with Gasteiger partial charge in [-0.3, -0.25) is 29.0 Å². The van der Waals surface area contributed by atoms with Crippen molar-refractivity contribution >= 4 is 98.5 Å². The van der Waals surface area contributed by atoms with Crippen LogP contribution < -0.4 is 46.9 Å². The highest BCUT2D eigenvalue weighted by Gasteiger charge is 2.36. The number of pyridine rings is 3. The highest BCUT2D eigenvalue weighted by molar-refractivity contribution is 8.00. The lowest BCUT2D eigenvalue weighted by molar-refractivity contribution is -0.114. The van der Waals surface area contributed by atoms with Gasteiger partial charge in [0.05, 0.1) is 76.5 Å². The van der Waals surface area contributed by atoms with Gasteiger partial charge in [0.25, 0.3) is 11.1 Å². The number of nitrogens with one attached hydrogen (secondary N) is 4. The van der Waals surface area contributed by atoms with E-state index in [0.29, 0.717) is 103 Å². The molecule has 2 saturated heterocycles. The Labute approximate surface area is 442 Å². The Hall–Kier alpha value is -7.91. The standard InChI is InChI=1S/C28H28N4O7S.C25H22N6O4S/c1-2-37-28(36)39-22-8-6-18-21(14-32-25(34)10-7-19(22)26(18)32)29-11-3-4-17-13-31(27(35)38-17)16-5-9-23-20(12-16)30-24(33)15-40-23;26-10-15-4-3-14-5-8-21(33)31-12-17(22(15)23(14)31)27-9-1-2-16-11-30(25(34)35-16)19-7-6-18-24(28-19)29-20(32)13-36-18/h5-10,12,17,21,29H,2-4,11,13-15H2,1H3,(H,30,33);3-8,16-17,27H,1-2,9,11-13H2,(H,28,29,32)/t17-,21?;16-,17+/m01/s1. The Kier molecular flexibility index (Phi) is 14.1. The van der Waals surface area contributed by atoms with E-state index < -0.39 is 18.3 Å². The summed E-state index contributed by atoms with van der Waals surface area (Å²) in [6.07, 6.45) is 0.679. The summed E-state index contributed by atoms with van der Waals surface area (Å²) in [6.45, 7) is 4.97. The number of benzene rings is 3. The first-order valence-electron chi connectivity index (χ1n) is 24.9. The number of rotatable bonds is 14. The largest absolute Gasteiger partial charge is 0.513 e. The van der Waals surface area contributed by atoms with E-state index in [-0.39, 0.29) is 53.8 Å². The first-order valence-corrected chi connectivity index (χ1v) is 26.9. The van der Waals surface area contributed by atoms with Crippen molar-refractivity contribution in [2.75, 3.05) is 64.7 Å². The van der Waals surface area contributed by atoms with Crippen LogP contribution in [-0.2, 0) is 36.9 Å². The topological polar surface area (TPSA) is 258 Å². The molecule has 2 fully saturated rings. The Morgan fingerprint density at radius 1 is 0.750 bits per heavy atom. The van der Waals surface area contributed by atoms with E-state index in [9.17, 15) is 38.8 Å². The molecule has 6 aliphatic heterocycles. The van der Waals surface area contributed by atoms with Crippen LogP contribution in [0.1, 0.15) is 61.4 Å². The Morgan fingerprint density at radius 3 is 2.17 bits per heavy atom. The summed E-state index contributed by atoms with van der Waals surface area (Å²) in [5, 5.41) is 23.8. The molecule has 1 unspecified atom stereocenters. The molecule has 3 aromatic heterocycles. The molecule has 23 heteroatoms. The van der Waals surface area contributed by atoms with Crippen molar-refractivity contribution < 1.29 is 42.9 Å². The van der Waals surface area contributed by atoms with E-state index in [0.717, 1.165) is 50.2 Å². The highest BCUT2D eigenvalue weighted by Crippen LogP contribution is 2.39. The Balaban J connectivity index is 0.000000163. The summed E-state index contributed by atoms with van der Waals surface area (Å²) >= 11 is 2.89. The van der Waals surface area contributed by atoms with Crippen LogP contribution in [0.3, 0.4) is 0 Å². The third-order valence-electron chi connectivity index (χ3n) is 13.9. The predicted octanol–water partition coefficient (Wildman–Crippen LogP) is 6.79. The summed E-state index contributed by atoms with van der Waals surface area (Å²) < 4.78 is 24.8. The molecule has 9 heterocycles. The summed E-state index contributed by atoms with van der Waals surface area (Å²) in [7, 11) is 0. The second-order valence-electron chi connectivity index (χ2n) is 18.7. The third kappa shape index (κ3) is 10.0. The van der Waals surface area contributed by atoms with E-state index in [1.165, 1.54) is 34.5 Å². The van der Waals surface area contributed by atoms with Gasteiger partial charge in [-0.15, -0.1) is 23.5 Å². The predicted molar refractivity (Wildman–Crippen MR) is 283 cm³/mol. The molecule has 4 N–H and O–H groups in total. The van der Waals surface area contributed by atoms with Crippen molar-refractivity contribution in [3.63, 3.8) is 0 Å². The smallest absolute Gasteiger partial charge is 0.444 e. The monoisotopic (exact) mass is 1070 g/mol. The van der Waals surface area contributed by atoms with Gasteiger partial charge >= 0.3 is 18.3 Å². The molecule has 0 aliphatic carbocycles. The van der Waals surface area contributed by atoms with Crippen LogP contribution in [-0.4, -0.2) is 101 Å². The van der Waals surface area contributed by atoms with Crippen molar-refractivity contribution in [1.29, 1.82) is 5.26 Å². The fourth-order valence-corrected chi connectivity index (χ4v) is 12.0. The van der Waals surface area contributed by atoms with Crippen molar-refractivity contribution in [3.8, 4) is 11.8 Å². The van der Waals surface area contributed by atoms with E-state index >= 15 is 0 Å². The number of fused-ring (bicyclic) bond motifs is 2. The number of aromatic nitrogens is 3. The van der Waals surface area contributed by atoms with Crippen LogP contribution >= 0.6 is 23.5 Å². The first-order chi connectivity index (χ1) is 36.9. The number of carbonyl (C=O) groups is 5. The molecule has 0 saturated carbocycles. The molecule has 4 amide bonds. The van der Waals surface area contributed by atoms with Crippen molar-refractivity contribution in [2.24, 2.45) is 0 Å². The number of nitriles is 1. The van der Waals surface area contributed by atoms with Crippen LogP contribution in [0.15, 0.2) is 98.2 Å². The molecular formula is C53H50N10O11S2. The number of amides is 4. The lowest BCUT2D eigenvalue weighted by Gasteiger charge is -2.20. The number of carbonyl (C=O) groups excluding carboxylic acids is 5. The van der Waals surface area contributed by atoms with Gasteiger partial charge in [-0.05, 0) is 111 Å². The second kappa shape index (κ2) is 21.4. The fraction of sp³-hybridized carbons (Fsp3) is 0.340. The zero-order valence-electron chi connectivity index (χ0n) is 41.0. The van der Waals surface area contributed by atoms with E-state index in [4.69, 9.17) is 18.9 Å². The van der Waals surface area contributed by atoms with Gasteiger partial charge in [0.2, 0.25) is 11.8 Å². The van der Waals surface area contributed by atoms with Crippen molar-refractivity contribution in [1.82, 2.24) is 24.8 Å². The van der Waals surface area contributed by atoms with Crippen LogP contribution in [0.4, 0.5) is 37.4 Å². The molecule has 0 bridgehead atoms. The molecule has 12 rings (SSSR count). The zero-order valence-corrected chi connectivity index (χ0v) is 42.6. The zero-order chi connectivity index (χ0) is 52.6. The summed E-state index contributed by atoms with van der Waals surface area (Å²) in [4.78, 5) is 94.7. The van der Waals surface area contributed by atoms with Crippen LogP contribution in [0, 0.1) is 11.3 Å². The molecule has 390 valence electrons. The number of hydrogen-bond acceptors (Lipinski definition) is 17. The molecule has 6 aliphatic rings. The average molecular weight is 1070 g/mol. The minimum absolute atomic E-state index is 0.0547. The molecule has 4 atom stereocenters. The highest BCUT2D eigenvalue weighted by atomic mass is 32.2. The van der Waals surface area contributed by atoms with E-state index in [1.54, 1.807) is 57.4 Å². The van der Waals surface area contributed by atoms with Gasteiger partial charge in [-0.2, -0.15) is 5.26 Å². The van der Waals surface area contributed by atoms with Gasteiger partial charge in [0.1, 0.15) is 29.6 Å². The number of ether oxygens (including phenoxy) is 4. The summed E-state index contributed by atoms with van der Waals surface area (Å²) in [5.74, 6) is 1.84. The summed E-state index contributed by atoms with van der Waals surface area (Å²) in [5.41, 5.74) is 5.18. The van der Waals surface area contributed by atoms with Crippen LogP contribution in [0.2, 0.25) is 0 Å². The average Bonchev–Trinajstić information content (AvgIpc) is 4.28. The molecule has 6 aromatic rings. The molecule has 3 aromatic carbocycles. The van der Waals surface area contributed by atoms with Gasteiger partial charge in [0, 0.05) is 46.8 Å². The molecule has 0 spiro atoms. The minimum Gasteiger partial charge on any atom is -0.444 e. The van der Waals surface area contributed by atoms with Crippen LogP contribution in [0.5, 0.6) is 5.75 Å². The Morgan fingerprint density at radius 2 is 1.41 bits per heavy atom. The summed E-state index contributed by atoms with van der Waals surface area (Å²) in [6, 6.07) is 25.0. The van der Waals surface area contributed by atoms with Crippen molar-refractivity contribution in [3.05, 3.63) is 116 Å². The number of thioether (sulfide) groups is 2. The number of anilines is 4. The van der Waals surface area contributed by atoms with E-state index in [1.807, 2.05) is 36.4 Å². The quantitative estimate of drug-likeness (QED) is 0.0379. The molecule has 76 heavy (non-hydrogen) atoms. The SMILES string of the molecule is CCOC(=O)Oc1ccc2c3c1ccc(=O)n3CC2NCCC[C@H]1CN(c2ccc3c(c2)NC(=O)CS3)C(=O)O1.N#Cc1ccc2ccc(=O)n3c2c1[C@@H](NCCC[C@@H]1CN(c2ccc4c(n2)NC(=O)CS4)C(=O)O1)C3. The maximum atomic E-state index is 12.6. The fourth-order valence-electron chi connectivity index (χ4n) is 10.5. The maximum Gasteiger partial charge on any atom is 0.513 e. The minimum atomic E-state index is -0.785. The van der Waals surface area contributed by atoms with Gasteiger partial charge in [-0.25, -0.2) is 19.4 Å². The van der Waals surface area contributed by atoms with Crippen molar-refractivity contribution in [2.45, 2.75) is 79.8 Å². The Bertz CT molecular complexity index is 3550. The van der Waals surface area contributed by atoms with E-state index in [2.05, 4.69) is 32.3 Å².